The first-order chi connectivity index (χ1) is 12.3. The number of hydrogen-bond donors (Lipinski definition) is 1. The van der Waals surface area contributed by atoms with Crippen LogP contribution in [0.25, 0.3) is 0 Å². The van der Waals surface area contributed by atoms with Crippen LogP contribution in [-0.4, -0.2) is 39.7 Å². The standard InChI is InChI=1S/C20H25FN2O2S/c1-23-11-9-17(10-12-23)16-5-3-15(4-6-16)14-22-20-8-7-18(13-19(20)21)26(2,24)25/h3-8,13,17,22H,9-12,14H2,1-2H3. The van der Waals surface area contributed by atoms with Crippen LogP contribution in [0.3, 0.4) is 0 Å². The van der Waals surface area contributed by atoms with Gasteiger partial charge in [-0.25, -0.2) is 12.8 Å². The first-order valence-electron chi connectivity index (χ1n) is 8.84. The largest absolute Gasteiger partial charge is 0.379 e. The van der Waals surface area contributed by atoms with Crippen LogP contribution in [-0.2, 0) is 16.4 Å². The molecular formula is C20H25FN2O2S. The Morgan fingerprint density at radius 1 is 1.12 bits per heavy atom. The second kappa shape index (κ2) is 7.76. The molecule has 1 aliphatic rings. The quantitative estimate of drug-likeness (QED) is 0.865. The molecule has 26 heavy (non-hydrogen) atoms. The minimum Gasteiger partial charge on any atom is -0.379 e. The molecule has 1 saturated heterocycles. The highest BCUT2D eigenvalue weighted by molar-refractivity contribution is 7.90. The minimum absolute atomic E-state index is 0.0111. The maximum absolute atomic E-state index is 14.1. The van der Waals surface area contributed by atoms with E-state index >= 15 is 0 Å². The summed E-state index contributed by atoms with van der Waals surface area (Å²) in [4.78, 5) is 2.35. The zero-order valence-electron chi connectivity index (χ0n) is 15.2. The van der Waals surface area contributed by atoms with Crippen molar-refractivity contribution in [3.63, 3.8) is 0 Å². The van der Waals surface area contributed by atoms with Crippen LogP contribution < -0.4 is 5.32 Å². The van der Waals surface area contributed by atoms with E-state index in [1.54, 1.807) is 0 Å². The topological polar surface area (TPSA) is 49.4 Å². The van der Waals surface area contributed by atoms with Crippen molar-refractivity contribution in [3.8, 4) is 0 Å². The highest BCUT2D eigenvalue weighted by atomic mass is 32.2. The second-order valence-corrected chi connectivity index (χ2v) is 9.10. The first kappa shape index (κ1) is 18.9. The summed E-state index contributed by atoms with van der Waals surface area (Å²) in [7, 11) is -1.24. The van der Waals surface area contributed by atoms with Crippen molar-refractivity contribution in [1.29, 1.82) is 0 Å². The molecule has 1 N–H and O–H groups in total. The van der Waals surface area contributed by atoms with Gasteiger partial charge in [-0.1, -0.05) is 24.3 Å². The number of sulfone groups is 1. The number of hydrogen-bond acceptors (Lipinski definition) is 4. The van der Waals surface area contributed by atoms with E-state index < -0.39 is 15.7 Å². The molecule has 3 rings (SSSR count). The van der Waals surface area contributed by atoms with E-state index in [0.717, 1.165) is 31.0 Å². The number of anilines is 1. The molecule has 4 nitrogen and oxygen atoms in total. The maximum atomic E-state index is 14.1. The van der Waals surface area contributed by atoms with Crippen LogP contribution in [0.15, 0.2) is 47.4 Å². The van der Waals surface area contributed by atoms with Gasteiger partial charge in [-0.2, -0.15) is 0 Å². The molecule has 140 valence electrons. The fraction of sp³-hybridized carbons (Fsp3) is 0.400. The van der Waals surface area contributed by atoms with Crippen molar-refractivity contribution >= 4 is 15.5 Å². The number of rotatable bonds is 5. The predicted molar refractivity (Wildman–Crippen MR) is 103 cm³/mol. The molecule has 1 fully saturated rings. The van der Waals surface area contributed by atoms with Crippen molar-refractivity contribution in [3.05, 3.63) is 59.4 Å². The molecule has 0 aromatic heterocycles. The van der Waals surface area contributed by atoms with Gasteiger partial charge in [0.05, 0.1) is 10.6 Å². The molecule has 0 saturated carbocycles. The fourth-order valence-corrected chi connectivity index (χ4v) is 3.95. The lowest BCUT2D eigenvalue weighted by Gasteiger charge is -2.29. The van der Waals surface area contributed by atoms with Crippen molar-refractivity contribution in [2.75, 3.05) is 31.7 Å². The highest BCUT2D eigenvalue weighted by Gasteiger charge is 2.18. The molecule has 6 heteroatoms. The third-order valence-corrected chi connectivity index (χ3v) is 6.13. The van der Waals surface area contributed by atoms with E-state index in [4.69, 9.17) is 0 Å². The van der Waals surface area contributed by atoms with Gasteiger partial charge in [0.25, 0.3) is 0 Å². The van der Waals surface area contributed by atoms with Crippen LogP contribution in [0, 0.1) is 5.82 Å². The van der Waals surface area contributed by atoms with Gasteiger partial charge in [-0.3, -0.25) is 0 Å². The van der Waals surface area contributed by atoms with Crippen molar-refractivity contribution in [1.82, 2.24) is 4.90 Å². The summed E-state index contributed by atoms with van der Waals surface area (Å²) < 4.78 is 37.0. The van der Waals surface area contributed by atoms with Crippen LogP contribution in [0.2, 0.25) is 0 Å². The number of nitrogens with zero attached hydrogens (tertiary/aromatic N) is 1. The number of piperidine rings is 1. The Bertz CT molecular complexity index is 858. The lowest BCUT2D eigenvalue weighted by atomic mass is 9.89. The second-order valence-electron chi connectivity index (χ2n) is 7.09. The Labute approximate surface area is 155 Å². The first-order valence-corrected chi connectivity index (χ1v) is 10.7. The molecule has 0 spiro atoms. The smallest absolute Gasteiger partial charge is 0.175 e. The zero-order chi connectivity index (χ0) is 18.7. The lowest BCUT2D eigenvalue weighted by Crippen LogP contribution is -2.29. The predicted octanol–water partition coefficient (Wildman–Crippen LogP) is 3.65. The van der Waals surface area contributed by atoms with E-state index in [9.17, 15) is 12.8 Å². The Kier molecular flexibility index (Phi) is 5.63. The van der Waals surface area contributed by atoms with Gasteiger partial charge < -0.3 is 10.2 Å². The van der Waals surface area contributed by atoms with Crippen molar-refractivity contribution in [2.24, 2.45) is 0 Å². The van der Waals surface area contributed by atoms with E-state index in [1.807, 2.05) is 0 Å². The number of likely N-dealkylation sites (tertiary alicyclic amines) is 1. The summed E-state index contributed by atoms with van der Waals surface area (Å²) in [5.74, 6) is 0.0602. The molecule has 0 amide bonds. The van der Waals surface area contributed by atoms with E-state index in [1.165, 1.54) is 30.5 Å². The molecule has 1 aliphatic heterocycles. The summed E-state index contributed by atoms with van der Waals surface area (Å²) in [5.41, 5.74) is 2.73. The van der Waals surface area contributed by atoms with Gasteiger partial charge in [0.1, 0.15) is 5.82 Å². The Morgan fingerprint density at radius 2 is 1.77 bits per heavy atom. The third-order valence-electron chi connectivity index (χ3n) is 5.02. The third kappa shape index (κ3) is 4.62. The average Bonchev–Trinajstić information content (AvgIpc) is 2.61. The van der Waals surface area contributed by atoms with E-state index in [2.05, 4.69) is 41.5 Å². The minimum atomic E-state index is -3.40. The van der Waals surface area contributed by atoms with Crippen LogP contribution >= 0.6 is 0 Å². The van der Waals surface area contributed by atoms with Gasteiger partial charge in [0, 0.05) is 12.8 Å². The van der Waals surface area contributed by atoms with Gasteiger partial charge in [-0.05, 0) is 68.2 Å². The van der Waals surface area contributed by atoms with E-state index in [-0.39, 0.29) is 4.90 Å². The van der Waals surface area contributed by atoms with Gasteiger partial charge in [0.15, 0.2) is 9.84 Å². The molecule has 0 unspecified atom stereocenters. The molecule has 0 bridgehead atoms. The Hall–Kier alpha value is -1.92. The molecular weight excluding hydrogens is 351 g/mol. The summed E-state index contributed by atoms with van der Waals surface area (Å²) in [6, 6.07) is 12.4. The van der Waals surface area contributed by atoms with Gasteiger partial charge in [0.2, 0.25) is 0 Å². The summed E-state index contributed by atoms with van der Waals surface area (Å²) in [6.45, 7) is 2.76. The normalized spacial score (nSPS) is 16.6. The Morgan fingerprint density at radius 3 is 2.35 bits per heavy atom. The molecule has 0 radical (unpaired) electrons. The van der Waals surface area contributed by atoms with E-state index in [0.29, 0.717) is 18.2 Å². The molecule has 0 aliphatic carbocycles. The van der Waals surface area contributed by atoms with Crippen molar-refractivity contribution in [2.45, 2.75) is 30.2 Å². The highest BCUT2D eigenvalue weighted by Crippen LogP contribution is 2.27. The van der Waals surface area contributed by atoms with Crippen LogP contribution in [0.4, 0.5) is 10.1 Å². The molecule has 2 aromatic rings. The zero-order valence-corrected chi connectivity index (χ0v) is 16.0. The summed E-state index contributed by atoms with van der Waals surface area (Å²) >= 11 is 0. The van der Waals surface area contributed by atoms with Gasteiger partial charge >= 0.3 is 0 Å². The lowest BCUT2D eigenvalue weighted by molar-refractivity contribution is 0.255. The number of nitrogens with one attached hydrogen (secondary N) is 1. The monoisotopic (exact) mass is 376 g/mol. The SMILES string of the molecule is CN1CCC(c2ccc(CNc3ccc(S(C)(=O)=O)cc3F)cc2)CC1. The fourth-order valence-electron chi connectivity index (χ4n) is 3.32. The van der Waals surface area contributed by atoms with Crippen molar-refractivity contribution < 1.29 is 12.8 Å². The van der Waals surface area contributed by atoms with Crippen LogP contribution in [0.5, 0.6) is 0 Å². The molecule has 0 atom stereocenters. The summed E-state index contributed by atoms with van der Waals surface area (Å²) in [5, 5.41) is 3.04. The summed E-state index contributed by atoms with van der Waals surface area (Å²) in [6.07, 6.45) is 3.44. The van der Waals surface area contributed by atoms with Crippen LogP contribution in [0.1, 0.15) is 29.9 Å². The average molecular weight is 376 g/mol. The number of halogens is 1. The van der Waals surface area contributed by atoms with Gasteiger partial charge in [-0.15, -0.1) is 0 Å². The Balaban J connectivity index is 1.61. The maximum Gasteiger partial charge on any atom is 0.175 e. The molecule has 2 aromatic carbocycles. The molecule has 1 heterocycles. The number of benzene rings is 2.